The van der Waals surface area contributed by atoms with E-state index in [-0.39, 0.29) is 11.9 Å². The van der Waals surface area contributed by atoms with Crippen LogP contribution in [-0.4, -0.2) is 25.5 Å². The number of carbonyl (C=O) groups excluding carboxylic acids is 1. The van der Waals surface area contributed by atoms with Gasteiger partial charge in [0, 0.05) is 28.4 Å². The van der Waals surface area contributed by atoms with Crippen LogP contribution in [-0.2, 0) is 12.8 Å². The quantitative estimate of drug-likeness (QED) is 0.641. The van der Waals surface area contributed by atoms with Gasteiger partial charge in [0.15, 0.2) is 5.69 Å². The van der Waals surface area contributed by atoms with Crippen molar-refractivity contribution in [2.24, 2.45) is 0 Å². The lowest BCUT2D eigenvalue weighted by atomic mass is 10.1. The molecule has 0 fully saturated rings. The standard InChI is InChI=1S/C21H24ClN5O/c1-14(2)26-19(12-13-23-26)24-21(28)20-17-6-4-3-5-7-18(17)27(25-20)16-10-8-15(22)9-11-16/h8-14H,3-7H2,1-2H3,(H,24,28). The topological polar surface area (TPSA) is 64.7 Å². The summed E-state index contributed by atoms with van der Waals surface area (Å²) in [6, 6.07) is 9.55. The Kier molecular flexibility index (Phi) is 5.22. The van der Waals surface area contributed by atoms with Gasteiger partial charge in [0.05, 0.1) is 11.9 Å². The third kappa shape index (κ3) is 3.56. The van der Waals surface area contributed by atoms with E-state index in [0.29, 0.717) is 16.5 Å². The fourth-order valence-electron chi connectivity index (χ4n) is 3.75. The van der Waals surface area contributed by atoms with Gasteiger partial charge in [-0.3, -0.25) is 4.79 Å². The monoisotopic (exact) mass is 397 g/mol. The van der Waals surface area contributed by atoms with E-state index in [2.05, 4.69) is 10.4 Å². The Bertz CT molecular complexity index is 987. The third-order valence-corrected chi connectivity index (χ3v) is 5.37. The summed E-state index contributed by atoms with van der Waals surface area (Å²) in [7, 11) is 0. The molecule has 1 aromatic carbocycles. The number of anilines is 1. The summed E-state index contributed by atoms with van der Waals surface area (Å²) in [5, 5.41) is 12.7. The van der Waals surface area contributed by atoms with Crippen LogP contribution in [0.25, 0.3) is 5.69 Å². The Morgan fingerprint density at radius 3 is 2.61 bits per heavy atom. The van der Waals surface area contributed by atoms with Crippen LogP contribution in [0.4, 0.5) is 5.82 Å². The first-order valence-electron chi connectivity index (χ1n) is 9.76. The van der Waals surface area contributed by atoms with E-state index in [1.807, 2.05) is 48.9 Å². The van der Waals surface area contributed by atoms with E-state index >= 15 is 0 Å². The number of benzene rings is 1. The summed E-state index contributed by atoms with van der Waals surface area (Å²) < 4.78 is 3.71. The van der Waals surface area contributed by atoms with E-state index < -0.39 is 0 Å². The molecule has 2 heterocycles. The zero-order valence-electron chi connectivity index (χ0n) is 16.2. The highest BCUT2D eigenvalue weighted by molar-refractivity contribution is 6.30. The number of nitrogens with zero attached hydrogens (tertiary/aromatic N) is 4. The van der Waals surface area contributed by atoms with Crippen molar-refractivity contribution in [2.75, 3.05) is 5.32 Å². The molecule has 1 aliphatic rings. The maximum absolute atomic E-state index is 13.1. The predicted molar refractivity (Wildman–Crippen MR) is 110 cm³/mol. The molecule has 0 radical (unpaired) electrons. The number of amides is 1. The molecule has 0 atom stereocenters. The molecular formula is C21H24ClN5O. The van der Waals surface area contributed by atoms with Crippen LogP contribution < -0.4 is 5.32 Å². The second kappa shape index (κ2) is 7.80. The van der Waals surface area contributed by atoms with Crippen molar-refractivity contribution in [1.29, 1.82) is 0 Å². The van der Waals surface area contributed by atoms with Crippen LogP contribution in [0, 0.1) is 0 Å². The zero-order valence-corrected chi connectivity index (χ0v) is 16.9. The van der Waals surface area contributed by atoms with Crippen molar-refractivity contribution in [2.45, 2.75) is 52.0 Å². The lowest BCUT2D eigenvalue weighted by molar-refractivity contribution is 0.102. The van der Waals surface area contributed by atoms with Crippen molar-refractivity contribution >= 4 is 23.3 Å². The van der Waals surface area contributed by atoms with Crippen molar-refractivity contribution in [3.63, 3.8) is 0 Å². The number of carbonyl (C=O) groups is 1. The van der Waals surface area contributed by atoms with E-state index in [4.69, 9.17) is 16.7 Å². The Morgan fingerprint density at radius 1 is 1.11 bits per heavy atom. The molecule has 28 heavy (non-hydrogen) atoms. The van der Waals surface area contributed by atoms with Crippen LogP contribution in [0.2, 0.25) is 5.02 Å². The van der Waals surface area contributed by atoms with Crippen LogP contribution in [0.15, 0.2) is 36.5 Å². The molecule has 0 saturated carbocycles. The predicted octanol–water partition coefficient (Wildman–Crippen LogP) is 4.82. The minimum atomic E-state index is -0.187. The normalized spacial score (nSPS) is 14.0. The minimum absolute atomic E-state index is 0.161. The number of hydrogen-bond acceptors (Lipinski definition) is 3. The number of fused-ring (bicyclic) bond motifs is 1. The van der Waals surface area contributed by atoms with Gasteiger partial charge in [-0.25, -0.2) is 9.36 Å². The molecule has 0 unspecified atom stereocenters. The number of aromatic nitrogens is 4. The van der Waals surface area contributed by atoms with Crippen LogP contribution in [0.5, 0.6) is 0 Å². The molecular weight excluding hydrogens is 374 g/mol. The Morgan fingerprint density at radius 2 is 1.86 bits per heavy atom. The van der Waals surface area contributed by atoms with Gasteiger partial charge in [0.2, 0.25) is 0 Å². The molecule has 1 N–H and O–H groups in total. The molecule has 3 aromatic rings. The van der Waals surface area contributed by atoms with Crippen molar-refractivity contribution in [3.8, 4) is 5.69 Å². The van der Waals surface area contributed by atoms with Crippen molar-refractivity contribution < 1.29 is 4.79 Å². The summed E-state index contributed by atoms with van der Waals surface area (Å²) >= 11 is 6.04. The number of rotatable bonds is 4. The summed E-state index contributed by atoms with van der Waals surface area (Å²) in [6.45, 7) is 4.06. The van der Waals surface area contributed by atoms with E-state index in [1.54, 1.807) is 10.9 Å². The van der Waals surface area contributed by atoms with Gasteiger partial charge in [0.1, 0.15) is 5.82 Å². The van der Waals surface area contributed by atoms with Gasteiger partial charge >= 0.3 is 0 Å². The second-order valence-electron chi connectivity index (χ2n) is 7.43. The summed E-state index contributed by atoms with van der Waals surface area (Å²) in [6.07, 6.45) is 6.83. The van der Waals surface area contributed by atoms with Crippen LogP contribution in [0.1, 0.15) is 60.9 Å². The molecule has 0 spiro atoms. The third-order valence-electron chi connectivity index (χ3n) is 5.12. The van der Waals surface area contributed by atoms with Crippen LogP contribution >= 0.6 is 11.6 Å². The first kappa shape index (κ1) is 18.7. The smallest absolute Gasteiger partial charge is 0.277 e. The summed E-state index contributed by atoms with van der Waals surface area (Å²) in [5.41, 5.74) is 3.61. The van der Waals surface area contributed by atoms with Crippen molar-refractivity contribution in [3.05, 3.63) is 58.5 Å². The van der Waals surface area contributed by atoms with Crippen LogP contribution in [0.3, 0.4) is 0 Å². The average Bonchev–Trinajstić information content (AvgIpc) is 3.20. The van der Waals surface area contributed by atoms with Gasteiger partial charge in [-0.15, -0.1) is 0 Å². The van der Waals surface area contributed by atoms with Gasteiger partial charge in [-0.1, -0.05) is 18.0 Å². The number of nitrogens with one attached hydrogen (secondary N) is 1. The second-order valence-corrected chi connectivity index (χ2v) is 7.87. The number of hydrogen-bond donors (Lipinski definition) is 1. The fourth-order valence-corrected chi connectivity index (χ4v) is 3.88. The molecule has 0 bridgehead atoms. The fraction of sp³-hybridized carbons (Fsp3) is 0.381. The largest absolute Gasteiger partial charge is 0.305 e. The molecule has 2 aromatic heterocycles. The average molecular weight is 398 g/mol. The highest BCUT2D eigenvalue weighted by atomic mass is 35.5. The molecule has 0 saturated heterocycles. The Hall–Kier alpha value is -2.60. The molecule has 1 amide bonds. The molecule has 4 rings (SSSR count). The van der Waals surface area contributed by atoms with Gasteiger partial charge in [0.25, 0.3) is 5.91 Å². The molecule has 1 aliphatic carbocycles. The Balaban J connectivity index is 1.73. The van der Waals surface area contributed by atoms with E-state index in [0.717, 1.165) is 49.0 Å². The lowest BCUT2D eigenvalue weighted by Gasteiger charge is -2.11. The zero-order chi connectivity index (χ0) is 19.7. The first-order chi connectivity index (χ1) is 13.5. The molecule has 7 heteroatoms. The van der Waals surface area contributed by atoms with E-state index in [1.165, 1.54) is 0 Å². The van der Waals surface area contributed by atoms with Gasteiger partial charge in [-0.05, 0) is 63.8 Å². The molecule has 6 nitrogen and oxygen atoms in total. The SMILES string of the molecule is CC(C)n1nccc1NC(=O)c1nn(-c2ccc(Cl)cc2)c2c1CCCCC2. The minimum Gasteiger partial charge on any atom is -0.305 e. The maximum Gasteiger partial charge on any atom is 0.277 e. The Labute approximate surface area is 169 Å². The lowest BCUT2D eigenvalue weighted by Crippen LogP contribution is -2.18. The van der Waals surface area contributed by atoms with Gasteiger partial charge in [-0.2, -0.15) is 10.2 Å². The molecule has 146 valence electrons. The highest BCUT2D eigenvalue weighted by Gasteiger charge is 2.25. The first-order valence-corrected chi connectivity index (χ1v) is 10.1. The molecule has 0 aliphatic heterocycles. The van der Waals surface area contributed by atoms with Crippen molar-refractivity contribution in [1.82, 2.24) is 19.6 Å². The highest BCUT2D eigenvalue weighted by Crippen LogP contribution is 2.27. The summed E-state index contributed by atoms with van der Waals surface area (Å²) in [5.74, 6) is 0.497. The van der Waals surface area contributed by atoms with Gasteiger partial charge < -0.3 is 5.32 Å². The maximum atomic E-state index is 13.1. The number of halogens is 1. The summed E-state index contributed by atoms with van der Waals surface area (Å²) in [4.78, 5) is 13.1. The van der Waals surface area contributed by atoms with E-state index in [9.17, 15) is 4.79 Å².